The van der Waals surface area contributed by atoms with Gasteiger partial charge in [-0.15, -0.1) is 11.3 Å². The minimum atomic E-state index is -0.0873. The molecule has 1 aromatic heterocycles. The summed E-state index contributed by atoms with van der Waals surface area (Å²) in [5.74, 6) is 0.745. The summed E-state index contributed by atoms with van der Waals surface area (Å²) < 4.78 is 10.9. The van der Waals surface area contributed by atoms with Gasteiger partial charge in [0.05, 0.1) is 25.5 Å². The van der Waals surface area contributed by atoms with Crippen LogP contribution >= 0.6 is 11.3 Å². The molecule has 1 saturated heterocycles. The van der Waals surface area contributed by atoms with Crippen molar-refractivity contribution in [3.8, 4) is 16.3 Å². The zero-order valence-corrected chi connectivity index (χ0v) is 19.4. The van der Waals surface area contributed by atoms with Crippen molar-refractivity contribution in [3.63, 3.8) is 0 Å². The number of morpholine rings is 1. The average Bonchev–Trinajstić information content (AvgIpc) is 3.21. The number of ether oxygens (including phenoxy) is 2. The molecule has 0 bridgehead atoms. The third-order valence-electron chi connectivity index (χ3n) is 5.37. The van der Waals surface area contributed by atoms with Crippen molar-refractivity contribution in [1.82, 2.24) is 15.2 Å². The van der Waals surface area contributed by atoms with Crippen LogP contribution in [0.1, 0.15) is 33.4 Å². The lowest BCUT2D eigenvalue weighted by atomic mass is 10.1. The molecule has 4 rings (SSSR count). The Morgan fingerprint density at radius 2 is 1.91 bits per heavy atom. The summed E-state index contributed by atoms with van der Waals surface area (Å²) in [4.78, 5) is 20.5. The molecule has 1 fully saturated rings. The summed E-state index contributed by atoms with van der Waals surface area (Å²) in [5.41, 5.74) is 4.08. The second-order valence-electron chi connectivity index (χ2n) is 7.78. The number of rotatable bonds is 8. The molecule has 1 amide bonds. The molecule has 0 aliphatic carbocycles. The van der Waals surface area contributed by atoms with Gasteiger partial charge in [-0.2, -0.15) is 0 Å². The van der Waals surface area contributed by atoms with Crippen LogP contribution in [-0.2, 0) is 17.8 Å². The van der Waals surface area contributed by atoms with Gasteiger partial charge in [-0.1, -0.05) is 24.3 Å². The van der Waals surface area contributed by atoms with Crippen LogP contribution < -0.4 is 10.1 Å². The Morgan fingerprint density at radius 1 is 1.16 bits per heavy atom. The second-order valence-corrected chi connectivity index (χ2v) is 8.78. The lowest BCUT2D eigenvalue weighted by molar-refractivity contribution is 0.0342. The van der Waals surface area contributed by atoms with Crippen LogP contribution in [0.3, 0.4) is 0 Å². The van der Waals surface area contributed by atoms with E-state index in [0.717, 1.165) is 60.4 Å². The SMILES string of the molecule is CCOc1ccc(-c2nc(C)c(C(=O)NCc3cccc(CN4CCOCC4)c3)s2)cc1. The molecule has 32 heavy (non-hydrogen) atoms. The molecule has 0 spiro atoms. The van der Waals surface area contributed by atoms with Crippen molar-refractivity contribution in [2.24, 2.45) is 0 Å². The average molecular weight is 452 g/mol. The number of carbonyl (C=O) groups excluding carboxylic acids is 1. The van der Waals surface area contributed by atoms with E-state index in [1.165, 1.54) is 16.9 Å². The third-order valence-corrected chi connectivity index (χ3v) is 6.57. The lowest BCUT2D eigenvalue weighted by Crippen LogP contribution is -2.35. The maximum atomic E-state index is 12.8. The highest BCUT2D eigenvalue weighted by Gasteiger charge is 2.16. The Morgan fingerprint density at radius 3 is 2.66 bits per heavy atom. The zero-order valence-electron chi connectivity index (χ0n) is 18.6. The van der Waals surface area contributed by atoms with Crippen molar-refractivity contribution >= 4 is 17.2 Å². The van der Waals surface area contributed by atoms with Crippen molar-refractivity contribution in [2.45, 2.75) is 26.9 Å². The van der Waals surface area contributed by atoms with Crippen LogP contribution in [0.25, 0.3) is 10.6 Å². The Hall–Kier alpha value is -2.74. The Kier molecular flexibility index (Phi) is 7.52. The normalized spacial score (nSPS) is 14.3. The molecule has 1 aliphatic rings. The Balaban J connectivity index is 1.37. The molecule has 3 aromatic rings. The van der Waals surface area contributed by atoms with Gasteiger partial charge in [0.15, 0.2) is 0 Å². The summed E-state index contributed by atoms with van der Waals surface area (Å²) in [7, 11) is 0. The summed E-state index contributed by atoms with van der Waals surface area (Å²) >= 11 is 1.42. The fourth-order valence-corrected chi connectivity index (χ4v) is 4.70. The number of benzene rings is 2. The van der Waals surface area contributed by atoms with Crippen LogP contribution in [-0.4, -0.2) is 48.7 Å². The van der Waals surface area contributed by atoms with Crippen LogP contribution in [0.5, 0.6) is 5.75 Å². The van der Waals surface area contributed by atoms with E-state index in [2.05, 4.69) is 33.4 Å². The van der Waals surface area contributed by atoms with E-state index in [4.69, 9.17) is 9.47 Å². The fraction of sp³-hybridized carbons (Fsp3) is 0.360. The minimum Gasteiger partial charge on any atom is -0.494 e. The maximum Gasteiger partial charge on any atom is 0.263 e. The molecule has 1 aliphatic heterocycles. The lowest BCUT2D eigenvalue weighted by Gasteiger charge is -2.26. The number of nitrogens with zero attached hydrogens (tertiary/aromatic N) is 2. The number of hydrogen-bond donors (Lipinski definition) is 1. The topological polar surface area (TPSA) is 63.7 Å². The third kappa shape index (κ3) is 5.73. The van der Waals surface area contributed by atoms with Gasteiger partial charge in [-0.05, 0) is 49.2 Å². The standard InChI is InChI=1S/C25H29N3O3S/c1-3-31-22-9-7-21(8-10-22)25-27-18(2)23(32-25)24(29)26-16-19-5-4-6-20(15-19)17-28-11-13-30-14-12-28/h4-10,15H,3,11-14,16-17H2,1-2H3,(H,26,29). The molecule has 2 heterocycles. The van der Waals surface area contributed by atoms with E-state index < -0.39 is 0 Å². The van der Waals surface area contributed by atoms with E-state index in [-0.39, 0.29) is 5.91 Å². The molecule has 6 nitrogen and oxygen atoms in total. The first-order valence-electron chi connectivity index (χ1n) is 11.0. The molecule has 168 valence electrons. The molecule has 0 radical (unpaired) electrons. The van der Waals surface area contributed by atoms with Crippen molar-refractivity contribution < 1.29 is 14.3 Å². The highest BCUT2D eigenvalue weighted by Crippen LogP contribution is 2.29. The molecule has 0 saturated carbocycles. The summed E-state index contributed by atoms with van der Waals surface area (Å²) in [6.07, 6.45) is 0. The van der Waals surface area contributed by atoms with Crippen LogP contribution in [0.4, 0.5) is 0 Å². The first-order chi connectivity index (χ1) is 15.6. The van der Waals surface area contributed by atoms with E-state index in [0.29, 0.717) is 18.0 Å². The predicted octanol–water partition coefficient (Wildman–Crippen LogP) is 4.28. The number of nitrogens with one attached hydrogen (secondary N) is 1. The molecule has 1 N–H and O–H groups in total. The van der Waals surface area contributed by atoms with Gasteiger partial charge >= 0.3 is 0 Å². The number of amides is 1. The monoisotopic (exact) mass is 451 g/mol. The summed E-state index contributed by atoms with van der Waals surface area (Å²) in [5, 5.41) is 3.89. The number of thiazole rings is 1. The number of aryl methyl sites for hydroxylation is 1. The van der Waals surface area contributed by atoms with Gasteiger partial charge in [-0.3, -0.25) is 9.69 Å². The van der Waals surface area contributed by atoms with Crippen molar-refractivity contribution in [1.29, 1.82) is 0 Å². The van der Waals surface area contributed by atoms with Gasteiger partial charge in [0.25, 0.3) is 5.91 Å². The van der Waals surface area contributed by atoms with Gasteiger partial charge in [0, 0.05) is 31.7 Å². The van der Waals surface area contributed by atoms with Crippen LogP contribution in [0, 0.1) is 6.92 Å². The van der Waals surface area contributed by atoms with Gasteiger partial charge in [0.2, 0.25) is 0 Å². The van der Waals surface area contributed by atoms with E-state index in [1.54, 1.807) is 0 Å². The van der Waals surface area contributed by atoms with Crippen LogP contribution in [0.15, 0.2) is 48.5 Å². The first kappa shape index (κ1) is 22.5. The number of carbonyl (C=O) groups is 1. The van der Waals surface area contributed by atoms with E-state index >= 15 is 0 Å². The molecule has 2 aromatic carbocycles. The van der Waals surface area contributed by atoms with Gasteiger partial charge in [0.1, 0.15) is 15.6 Å². The Labute approximate surface area is 193 Å². The number of hydrogen-bond acceptors (Lipinski definition) is 6. The fourth-order valence-electron chi connectivity index (χ4n) is 3.71. The summed E-state index contributed by atoms with van der Waals surface area (Å²) in [6, 6.07) is 16.2. The zero-order chi connectivity index (χ0) is 22.3. The predicted molar refractivity (Wildman–Crippen MR) is 127 cm³/mol. The van der Waals surface area contributed by atoms with Crippen LogP contribution in [0.2, 0.25) is 0 Å². The van der Waals surface area contributed by atoms with Gasteiger partial charge < -0.3 is 14.8 Å². The first-order valence-corrected chi connectivity index (χ1v) is 11.8. The van der Waals surface area contributed by atoms with E-state index in [1.807, 2.05) is 44.2 Å². The smallest absolute Gasteiger partial charge is 0.263 e. The van der Waals surface area contributed by atoms with Crippen molar-refractivity contribution in [2.75, 3.05) is 32.9 Å². The minimum absolute atomic E-state index is 0.0873. The maximum absolute atomic E-state index is 12.8. The molecule has 0 unspecified atom stereocenters. The second kappa shape index (κ2) is 10.7. The highest BCUT2D eigenvalue weighted by atomic mass is 32.1. The van der Waals surface area contributed by atoms with Gasteiger partial charge in [-0.25, -0.2) is 4.98 Å². The number of aromatic nitrogens is 1. The summed E-state index contributed by atoms with van der Waals surface area (Å²) in [6.45, 7) is 9.39. The largest absolute Gasteiger partial charge is 0.494 e. The Bertz CT molecular complexity index is 1040. The van der Waals surface area contributed by atoms with E-state index in [9.17, 15) is 4.79 Å². The molecular formula is C25H29N3O3S. The molecule has 0 atom stereocenters. The molecule has 7 heteroatoms. The van der Waals surface area contributed by atoms with Crippen molar-refractivity contribution in [3.05, 3.63) is 70.2 Å². The molecular weight excluding hydrogens is 422 g/mol. The highest BCUT2D eigenvalue weighted by molar-refractivity contribution is 7.17. The quantitative estimate of drug-likeness (QED) is 0.554.